The maximum absolute atomic E-state index is 12.1. The largest absolute Gasteiger partial charge is 0.447 e. The van der Waals surface area contributed by atoms with Gasteiger partial charge in [-0.3, -0.25) is 4.79 Å². The van der Waals surface area contributed by atoms with Gasteiger partial charge in [0.1, 0.15) is 12.4 Å². The van der Waals surface area contributed by atoms with Crippen LogP contribution >= 0.6 is 0 Å². The van der Waals surface area contributed by atoms with Crippen molar-refractivity contribution in [2.45, 2.75) is 18.5 Å². The van der Waals surface area contributed by atoms with Crippen LogP contribution in [-0.4, -0.2) is 35.6 Å². The number of imide groups is 1. The Bertz CT molecular complexity index is 1150. The van der Waals surface area contributed by atoms with Gasteiger partial charge < -0.3 is 14.8 Å². The Balaban J connectivity index is 0.000000192. The summed E-state index contributed by atoms with van der Waals surface area (Å²) in [7, 11) is 0. The van der Waals surface area contributed by atoms with E-state index in [1.54, 1.807) is 24.3 Å². The minimum Gasteiger partial charge on any atom is -0.447 e. The Labute approximate surface area is 197 Å². The standard InChI is InChI=1S/C18H15NO3.C9H9NO2/c20-17-13-15(12-11-14-7-3-1-4-8-14)19(17)18(21)22-16-9-5-2-6-10-16;11-9-10-8(6-12-9)7-4-2-1-3-5-7/h1-12,15H,13H2;1-5,8H,6H2,(H,10,11)/b12-11+;/t15-;8-/m00/s1. The fourth-order valence-corrected chi connectivity index (χ4v) is 3.51. The minimum atomic E-state index is -0.634. The zero-order valence-corrected chi connectivity index (χ0v) is 18.4. The fraction of sp³-hybridized carbons (Fsp3) is 0.148. The van der Waals surface area contributed by atoms with Gasteiger partial charge in [-0.2, -0.15) is 0 Å². The van der Waals surface area contributed by atoms with Crippen molar-refractivity contribution in [3.8, 4) is 5.75 Å². The van der Waals surface area contributed by atoms with E-state index in [1.165, 1.54) is 0 Å². The van der Waals surface area contributed by atoms with Crippen molar-refractivity contribution in [3.05, 3.63) is 108 Å². The fourth-order valence-electron chi connectivity index (χ4n) is 3.51. The van der Waals surface area contributed by atoms with Crippen molar-refractivity contribution in [1.29, 1.82) is 0 Å². The molecule has 5 rings (SSSR count). The van der Waals surface area contributed by atoms with Gasteiger partial charge in [0.2, 0.25) is 5.91 Å². The molecular formula is C27H24N2O5. The molecule has 2 heterocycles. The second kappa shape index (κ2) is 11.0. The van der Waals surface area contributed by atoms with Crippen LogP contribution in [0, 0.1) is 0 Å². The van der Waals surface area contributed by atoms with E-state index in [4.69, 9.17) is 9.47 Å². The van der Waals surface area contributed by atoms with Crippen molar-refractivity contribution in [1.82, 2.24) is 10.2 Å². The molecule has 2 atom stereocenters. The summed E-state index contributed by atoms with van der Waals surface area (Å²) < 4.78 is 9.97. The molecule has 0 radical (unpaired) electrons. The van der Waals surface area contributed by atoms with Gasteiger partial charge >= 0.3 is 12.2 Å². The number of hydrogen-bond acceptors (Lipinski definition) is 5. The van der Waals surface area contributed by atoms with E-state index in [9.17, 15) is 14.4 Å². The van der Waals surface area contributed by atoms with E-state index in [0.29, 0.717) is 18.8 Å². The average Bonchev–Trinajstić information content (AvgIpc) is 3.30. The van der Waals surface area contributed by atoms with E-state index in [0.717, 1.165) is 16.0 Å². The van der Waals surface area contributed by atoms with Crippen molar-refractivity contribution in [2.24, 2.45) is 0 Å². The summed E-state index contributed by atoms with van der Waals surface area (Å²) in [6.07, 6.45) is 3.12. The maximum atomic E-state index is 12.1. The van der Waals surface area contributed by atoms with E-state index in [2.05, 4.69) is 5.32 Å². The van der Waals surface area contributed by atoms with Crippen LogP contribution in [0.15, 0.2) is 97.1 Å². The molecule has 3 aromatic rings. The quantitative estimate of drug-likeness (QED) is 0.561. The molecule has 0 saturated carbocycles. The number of alkyl carbamates (subject to hydrolysis) is 1. The van der Waals surface area contributed by atoms with E-state index < -0.39 is 6.09 Å². The second-order valence-electron chi connectivity index (χ2n) is 7.69. The normalized spacial score (nSPS) is 18.9. The Morgan fingerprint density at radius 1 is 0.912 bits per heavy atom. The lowest BCUT2D eigenvalue weighted by Crippen LogP contribution is -2.55. The lowest BCUT2D eigenvalue weighted by atomic mass is 10.0. The van der Waals surface area contributed by atoms with Crippen LogP contribution < -0.4 is 10.1 Å². The highest BCUT2D eigenvalue weighted by atomic mass is 16.6. The van der Waals surface area contributed by atoms with Crippen LogP contribution in [0.2, 0.25) is 0 Å². The van der Waals surface area contributed by atoms with Crippen LogP contribution in [-0.2, 0) is 9.53 Å². The van der Waals surface area contributed by atoms with Crippen LogP contribution in [0.5, 0.6) is 5.75 Å². The Kier molecular flexibility index (Phi) is 7.35. The number of nitrogens with one attached hydrogen (secondary N) is 1. The summed E-state index contributed by atoms with van der Waals surface area (Å²) in [6.45, 7) is 0.433. The zero-order chi connectivity index (χ0) is 23.8. The first kappa shape index (κ1) is 22.8. The van der Waals surface area contributed by atoms with Crippen molar-refractivity contribution in [3.63, 3.8) is 0 Å². The lowest BCUT2D eigenvalue weighted by Gasteiger charge is -2.35. The summed E-state index contributed by atoms with van der Waals surface area (Å²) in [5, 5.41) is 2.71. The zero-order valence-electron chi connectivity index (χ0n) is 18.4. The molecule has 172 valence electrons. The number of para-hydroxylation sites is 1. The molecule has 2 aliphatic heterocycles. The van der Waals surface area contributed by atoms with Crippen molar-refractivity contribution in [2.75, 3.05) is 6.61 Å². The van der Waals surface area contributed by atoms with Crippen LogP contribution in [0.3, 0.4) is 0 Å². The average molecular weight is 456 g/mol. The van der Waals surface area contributed by atoms with Gasteiger partial charge in [-0.25, -0.2) is 14.5 Å². The van der Waals surface area contributed by atoms with Gasteiger partial charge in [0.05, 0.1) is 18.5 Å². The Hall–Kier alpha value is -4.39. The van der Waals surface area contributed by atoms with Crippen LogP contribution in [0.1, 0.15) is 23.6 Å². The molecule has 0 bridgehead atoms. The summed E-state index contributed by atoms with van der Waals surface area (Å²) in [6, 6.07) is 28.0. The number of amides is 3. The van der Waals surface area contributed by atoms with Crippen LogP contribution in [0.4, 0.5) is 9.59 Å². The summed E-state index contributed by atoms with van der Waals surface area (Å²) in [4.78, 5) is 35.6. The molecule has 0 aliphatic carbocycles. The third-order valence-corrected chi connectivity index (χ3v) is 5.31. The highest BCUT2D eigenvalue weighted by molar-refractivity contribution is 5.99. The van der Waals surface area contributed by atoms with Gasteiger partial charge in [-0.15, -0.1) is 0 Å². The Morgan fingerprint density at radius 2 is 1.53 bits per heavy atom. The molecule has 7 heteroatoms. The predicted octanol–water partition coefficient (Wildman–Crippen LogP) is 4.97. The Morgan fingerprint density at radius 3 is 2.12 bits per heavy atom. The second-order valence-corrected chi connectivity index (χ2v) is 7.69. The third kappa shape index (κ3) is 5.89. The van der Waals surface area contributed by atoms with E-state index >= 15 is 0 Å². The summed E-state index contributed by atoms with van der Waals surface area (Å²) in [5.74, 6) is 0.210. The molecule has 7 nitrogen and oxygen atoms in total. The number of benzene rings is 3. The molecule has 34 heavy (non-hydrogen) atoms. The van der Waals surface area contributed by atoms with E-state index in [1.807, 2.05) is 78.9 Å². The van der Waals surface area contributed by atoms with Gasteiger partial charge in [-0.05, 0) is 23.3 Å². The molecule has 0 spiro atoms. The third-order valence-electron chi connectivity index (χ3n) is 5.31. The monoisotopic (exact) mass is 456 g/mol. The highest BCUT2D eigenvalue weighted by Crippen LogP contribution is 2.23. The number of cyclic esters (lactones) is 1. The number of likely N-dealkylation sites (tertiary alicyclic amines) is 1. The number of rotatable bonds is 4. The van der Waals surface area contributed by atoms with Crippen LogP contribution in [0.25, 0.3) is 6.08 Å². The SMILES string of the molecule is O=C1C[C@H](/C=C/c2ccccc2)N1C(=O)Oc1ccccc1.O=C1N[C@H](c2ccccc2)CO1. The number of ether oxygens (including phenoxy) is 2. The summed E-state index contributed by atoms with van der Waals surface area (Å²) >= 11 is 0. The molecule has 2 aliphatic rings. The maximum Gasteiger partial charge on any atom is 0.422 e. The number of carbonyl (C=O) groups excluding carboxylic acids is 3. The number of hydrogen-bond donors (Lipinski definition) is 1. The van der Waals surface area contributed by atoms with Gasteiger partial charge in [0.15, 0.2) is 0 Å². The molecule has 2 fully saturated rings. The topological polar surface area (TPSA) is 84.9 Å². The highest BCUT2D eigenvalue weighted by Gasteiger charge is 2.40. The first-order valence-electron chi connectivity index (χ1n) is 10.9. The molecule has 2 saturated heterocycles. The molecule has 3 aromatic carbocycles. The molecule has 1 N–H and O–H groups in total. The molecule has 3 amide bonds. The molecular weight excluding hydrogens is 432 g/mol. The first-order chi connectivity index (χ1) is 16.6. The lowest BCUT2D eigenvalue weighted by molar-refractivity contribution is -0.139. The number of nitrogens with zero attached hydrogens (tertiary/aromatic N) is 1. The van der Waals surface area contributed by atoms with Crippen molar-refractivity contribution >= 4 is 24.2 Å². The molecule has 0 unspecified atom stereocenters. The van der Waals surface area contributed by atoms with Crippen molar-refractivity contribution < 1.29 is 23.9 Å². The summed E-state index contributed by atoms with van der Waals surface area (Å²) in [5.41, 5.74) is 2.11. The number of carbonyl (C=O) groups is 3. The van der Waals surface area contributed by atoms with Gasteiger partial charge in [-0.1, -0.05) is 91.0 Å². The first-order valence-corrected chi connectivity index (χ1v) is 10.9. The predicted molar refractivity (Wildman–Crippen MR) is 127 cm³/mol. The van der Waals surface area contributed by atoms with Gasteiger partial charge in [0.25, 0.3) is 0 Å². The molecule has 0 aromatic heterocycles. The van der Waals surface area contributed by atoms with E-state index in [-0.39, 0.29) is 24.1 Å². The minimum absolute atomic E-state index is 0.0266. The number of β-lactam (4-membered cyclic amide) rings is 1. The smallest absolute Gasteiger partial charge is 0.422 e. The van der Waals surface area contributed by atoms with Gasteiger partial charge in [0, 0.05) is 0 Å².